The lowest BCUT2D eigenvalue weighted by atomic mass is 10.1. The van der Waals surface area contributed by atoms with Crippen molar-refractivity contribution in [3.63, 3.8) is 0 Å². The fourth-order valence-corrected chi connectivity index (χ4v) is 4.62. The molecule has 0 spiro atoms. The summed E-state index contributed by atoms with van der Waals surface area (Å²) in [4.78, 5) is 39.1. The van der Waals surface area contributed by atoms with Crippen molar-refractivity contribution in [2.75, 3.05) is 32.8 Å². The first kappa shape index (κ1) is 22.3. The summed E-state index contributed by atoms with van der Waals surface area (Å²) in [6, 6.07) is 8.41. The minimum Gasteiger partial charge on any atom is -0.472 e. The number of fused-ring (bicyclic) bond motifs is 1. The molecule has 3 aromatic rings. The lowest BCUT2D eigenvalue weighted by molar-refractivity contribution is -0.138. The Morgan fingerprint density at radius 2 is 1.71 bits per heavy atom. The van der Waals surface area contributed by atoms with Gasteiger partial charge in [0, 0.05) is 62.0 Å². The molecule has 0 atom stereocenters. The number of likely N-dealkylation sites (tertiary alicyclic amines) is 2. The van der Waals surface area contributed by atoms with Crippen molar-refractivity contribution in [2.24, 2.45) is 0 Å². The predicted octanol–water partition coefficient (Wildman–Crippen LogP) is 2.57. The molecule has 0 aliphatic carbocycles. The van der Waals surface area contributed by atoms with E-state index in [-0.39, 0.29) is 43.9 Å². The van der Waals surface area contributed by atoms with Gasteiger partial charge in [-0.05, 0) is 30.9 Å². The Morgan fingerprint density at radius 1 is 0.971 bits per heavy atom. The topological polar surface area (TPSA) is 101 Å². The van der Waals surface area contributed by atoms with Crippen LogP contribution in [0.15, 0.2) is 42.9 Å². The van der Waals surface area contributed by atoms with E-state index in [4.69, 9.17) is 9.47 Å². The number of H-pyrrole nitrogens is 1. The summed E-state index contributed by atoms with van der Waals surface area (Å²) in [6.07, 6.45) is 8.66. The predicted molar refractivity (Wildman–Crippen MR) is 126 cm³/mol. The number of piperidine rings is 1. The van der Waals surface area contributed by atoms with E-state index >= 15 is 0 Å². The number of carbonyl (C=O) groups excluding carboxylic acids is 2. The van der Waals surface area contributed by atoms with Crippen molar-refractivity contribution in [3.8, 4) is 11.8 Å². The van der Waals surface area contributed by atoms with Crippen LogP contribution in [0.1, 0.15) is 31.2 Å². The van der Waals surface area contributed by atoms with Crippen LogP contribution in [0.25, 0.3) is 10.9 Å². The molecule has 4 heterocycles. The minimum absolute atomic E-state index is 0.0464. The van der Waals surface area contributed by atoms with Crippen molar-refractivity contribution in [2.45, 2.75) is 38.2 Å². The van der Waals surface area contributed by atoms with E-state index in [9.17, 15) is 9.59 Å². The molecule has 0 saturated carbocycles. The van der Waals surface area contributed by atoms with Crippen LogP contribution in [-0.4, -0.2) is 75.5 Å². The summed E-state index contributed by atoms with van der Waals surface area (Å²) < 4.78 is 11.8. The molecule has 2 aliphatic rings. The van der Waals surface area contributed by atoms with E-state index < -0.39 is 0 Å². The molecule has 9 heteroatoms. The van der Waals surface area contributed by atoms with Crippen molar-refractivity contribution in [1.82, 2.24) is 24.8 Å². The molecule has 0 unspecified atom stereocenters. The van der Waals surface area contributed by atoms with E-state index in [0.717, 1.165) is 38.9 Å². The second-order valence-electron chi connectivity index (χ2n) is 8.72. The number of para-hydroxylation sites is 1. The number of amides is 2. The second kappa shape index (κ2) is 10.2. The van der Waals surface area contributed by atoms with E-state index in [1.54, 1.807) is 12.4 Å². The van der Waals surface area contributed by atoms with Gasteiger partial charge in [-0.15, -0.1) is 0 Å². The van der Waals surface area contributed by atoms with Crippen LogP contribution in [0, 0.1) is 0 Å². The third kappa shape index (κ3) is 5.04. The van der Waals surface area contributed by atoms with Gasteiger partial charge in [0.05, 0.1) is 6.54 Å². The van der Waals surface area contributed by atoms with Crippen molar-refractivity contribution < 1.29 is 19.1 Å². The number of imide groups is 1. The van der Waals surface area contributed by atoms with Crippen molar-refractivity contribution in [3.05, 3.63) is 48.4 Å². The maximum absolute atomic E-state index is 11.7. The molecule has 2 saturated heterocycles. The molecular formula is C25H29N5O4. The number of benzene rings is 1. The highest BCUT2D eigenvalue weighted by Gasteiger charge is 2.29. The zero-order valence-electron chi connectivity index (χ0n) is 19.1. The van der Waals surface area contributed by atoms with Gasteiger partial charge in [0.25, 0.3) is 11.8 Å². The van der Waals surface area contributed by atoms with Gasteiger partial charge in [0.2, 0.25) is 11.8 Å². The van der Waals surface area contributed by atoms with Gasteiger partial charge in [-0.1, -0.05) is 18.2 Å². The van der Waals surface area contributed by atoms with E-state index in [2.05, 4.69) is 50.3 Å². The molecule has 1 N–H and O–H groups in total. The molecule has 2 aromatic heterocycles. The maximum atomic E-state index is 11.7. The van der Waals surface area contributed by atoms with Crippen LogP contribution in [-0.2, 0) is 16.0 Å². The fourth-order valence-electron chi connectivity index (χ4n) is 4.62. The molecular weight excluding hydrogens is 434 g/mol. The largest absolute Gasteiger partial charge is 0.472 e. The third-order valence-corrected chi connectivity index (χ3v) is 6.53. The number of nitrogens with zero attached hydrogens (tertiary/aromatic N) is 4. The summed E-state index contributed by atoms with van der Waals surface area (Å²) >= 11 is 0. The van der Waals surface area contributed by atoms with E-state index in [1.807, 2.05) is 0 Å². The van der Waals surface area contributed by atoms with Gasteiger partial charge >= 0.3 is 0 Å². The van der Waals surface area contributed by atoms with E-state index in [0.29, 0.717) is 11.8 Å². The molecule has 178 valence electrons. The molecule has 2 fully saturated rings. The highest BCUT2D eigenvalue weighted by Crippen LogP contribution is 2.25. The first-order valence-corrected chi connectivity index (χ1v) is 11.9. The van der Waals surface area contributed by atoms with Gasteiger partial charge in [-0.25, -0.2) is 9.97 Å². The maximum Gasteiger partial charge on any atom is 0.278 e. The number of aromatic nitrogens is 3. The Morgan fingerprint density at radius 3 is 2.50 bits per heavy atom. The van der Waals surface area contributed by atoms with Crippen LogP contribution in [0.3, 0.4) is 0 Å². The summed E-state index contributed by atoms with van der Waals surface area (Å²) in [7, 11) is 0. The molecule has 5 rings (SSSR count). The summed E-state index contributed by atoms with van der Waals surface area (Å²) in [6.45, 7) is 3.31. The first-order valence-electron chi connectivity index (χ1n) is 11.9. The smallest absolute Gasteiger partial charge is 0.278 e. The van der Waals surface area contributed by atoms with Crippen LogP contribution in [0.2, 0.25) is 0 Å². The Bertz CT molecular complexity index is 1140. The average molecular weight is 464 g/mol. The minimum atomic E-state index is -0.152. The van der Waals surface area contributed by atoms with Crippen LogP contribution < -0.4 is 9.47 Å². The SMILES string of the molecule is O=C1CCC(=O)N1CCOc1nccnc1OC1CCN(CCc2c[nH]c3ccccc23)CC1. The normalized spacial score (nSPS) is 17.6. The molecule has 9 nitrogen and oxygen atoms in total. The van der Waals surface area contributed by atoms with Gasteiger partial charge in [-0.3, -0.25) is 14.5 Å². The fraction of sp³-hybridized carbons (Fsp3) is 0.440. The first-order chi connectivity index (χ1) is 16.7. The Balaban J connectivity index is 1.09. The van der Waals surface area contributed by atoms with Crippen LogP contribution >= 0.6 is 0 Å². The Kier molecular flexibility index (Phi) is 6.71. The summed E-state index contributed by atoms with van der Waals surface area (Å²) in [5.74, 6) is 0.350. The number of aromatic amines is 1. The number of nitrogens with one attached hydrogen (secondary N) is 1. The Labute approximate surface area is 198 Å². The van der Waals surface area contributed by atoms with Crippen LogP contribution in [0.4, 0.5) is 0 Å². The van der Waals surface area contributed by atoms with Crippen LogP contribution in [0.5, 0.6) is 11.8 Å². The van der Waals surface area contributed by atoms with Crippen molar-refractivity contribution >= 4 is 22.7 Å². The number of ether oxygens (including phenoxy) is 2. The van der Waals surface area contributed by atoms with Gasteiger partial charge in [0.1, 0.15) is 12.7 Å². The molecule has 34 heavy (non-hydrogen) atoms. The molecule has 2 amide bonds. The lowest BCUT2D eigenvalue weighted by Crippen LogP contribution is -2.39. The van der Waals surface area contributed by atoms with Gasteiger partial charge in [-0.2, -0.15) is 0 Å². The zero-order valence-corrected chi connectivity index (χ0v) is 19.1. The quantitative estimate of drug-likeness (QED) is 0.487. The monoisotopic (exact) mass is 463 g/mol. The highest BCUT2D eigenvalue weighted by atomic mass is 16.5. The lowest BCUT2D eigenvalue weighted by Gasteiger charge is -2.31. The molecule has 0 radical (unpaired) electrons. The number of rotatable bonds is 9. The zero-order chi connectivity index (χ0) is 23.3. The molecule has 2 aliphatic heterocycles. The molecule has 0 bridgehead atoms. The van der Waals surface area contributed by atoms with E-state index in [1.165, 1.54) is 21.4 Å². The molecule has 1 aromatic carbocycles. The van der Waals surface area contributed by atoms with Gasteiger partial charge in [0.15, 0.2) is 0 Å². The summed E-state index contributed by atoms with van der Waals surface area (Å²) in [5, 5.41) is 1.30. The third-order valence-electron chi connectivity index (χ3n) is 6.53. The van der Waals surface area contributed by atoms with Gasteiger partial charge < -0.3 is 19.4 Å². The highest BCUT2D eigenvalue weighted by molar-refractivity contribution is 6.01. The van der Waals surface area contributed by atoms with Crippen molar-refractivity contribution in [1.29, 1.82) is 0 Å². The second-order valence-corrected chi connectivity index (χ2v) is 8.72. The number of hydrogen-bond donors (Lipinski definition) is 1. The Hall–Kier alpha value is -3.46. The standard InChI is InChI=1S/C25H29N5O4/c31-22-5-6-23(32)30(22)15-16-33-24-25(27-11-10-26-24)34-19-8-13-29(14-9-19)12-7-18-17-28-21-4-2-1-3-20(18)21/h1-4,10-11,17,19,28H,5-9,12-16H2. The average Bonchev–Trinajstić information content (AvgIpc) is 3.42. The summed E-state index contributed by atoms with van der Waals surface area (Å²) in [5.41, 5.74) is 2.54. The number of carbonyl (C=O) groups is 2. The number of hydrogen-bond acceptors (Lipinski definition) is 7.